The summed E-state index contributed by atoms with van der Waals surface area (Å²) in [5.41, 5.74) is 1.70. The second-order valence-electron chi connectivity index (χ2n) is 4.63. The van der Waals surface area contributed by atoms with Crippen LogP contribution >= 0.6 is 0 Å². The van der Waals surface area contributed by atoms with Gasteiger partial charge in [0, 0.05) is 14.1 Å². The van der Waals surface area contributed by atoms with Gasteiger partial charge in [0.1, 0.15) is 11.9 Å². The lowest BCUT2D eigenvalue weighted by molar-refractivity contribution is -0.131. The molecule has 0 aliphatic rings. The molecule has 0 fully saturated rings. The summed E-state index contributed by atoms with van der Waals surface area (Å²) in [6, 6.07) is 9.34. The van der Waals surface area contributed by atoms with Crippen molar-refractivity contribution < 1.29 is 4.79 Å². The average Bonchev–Trinajstić information content (AvgIpc) is 2.75. The van der Waals surface area contributed by atoms with Gasteiger partial charge in [0.25, 0.3) is 0 Å². The highest BCUT2D eigenvalue weighted by Crippen LogP contribution is 2.22. The van der Waals surface area contributed by atoms with E-state index in [-0.39, 0.29) is 18.4 Å². The maximum Gasteiger partial charge on any atom is 0.244 e. The van der Waals surface area contributed by atoms with E-state index in [2.05, 4.69) is 11.1 Å². The molecule has 1 aromatic heterocycles. The summed E-state index contributed by atoms with van der Waals surface area (Å²) in [7, 11) is 3.45. The van der Waals surface area contributed by atoms with Gasteiger partial charge in [0.05, 0.1) is 23.5 Å². The first-order chi connectivity index (χ1) is 9.06. The number of rotatable bonds is 3. The molecule has 2 rings (SSSR count). The molecule has 1 aromatic carbocycles. The second-order valence-corrected chi connectivity index (χ2v) is 4.63. The summed E-state index contributed by atoms with van der Waals surface area (Å²) < 4.78 is 1.85. The molecule has 0 N–H and O–H groups in total. The van der Waals surface area contributed by atoms with Gasteiger partial charge >= 0.3 is 0 Å². The number of imidazole rings is 1. The van der Waals surface area contributed by atoms with Crippen molar-refractivity contribution in [1.29, 1.82) is 5.26 Å². The molecule has 1 unspecified atom stereocenters. The van der Waals surface area contributed by atoms with Gasteiger partial charge < -0.3 is 9.47 Å². The summed E-state index contributed by atoms with van der Waals surface area (Å²) in [4.78, 5) is 18.1. The highest BCUT2D eigenvalue weighted by Gasteiger charge is 2.22. The van der Waals surface area contributed by atoms with Crippen molar-refractivity contribution in [2.24, 2.45) is 0 Å². The van der Waals surface area contributed by atoms with Gasteiger partial charge in [-0.3, -0.25) is 4.79 Å². The number of likely N-dealkylation sites (N-methyl/N-ethyl adjacent to an activating group) is 1. The second kappa shape index (κ2) is 5.11. The number of para-hydroxylation sites is 2. The number of carbonyl (C=O) groups excluding carboxylic acids is 1. The molecule has 1 amide bonds. The Balaban J connectivity index is 2.59. The van der Waals surface area contributed by atoms with Crippen LogP contribution in [0.25, 0.3) is 11.0 Å². The van der Waals surface area contributed by atoms with Gasteiger partial charge in [-0.25, -0.2) is 4.98 Å². The van der Waals surface area contributed by atoms with E-state index in [1.165, 1.54) is 0 Å². The van der Waals surface area contributed by atoms with Crippen LogP contribution in [0.1, 0.15) is 18.8 Å². The van der Waals surface area contributed by atoms with Crippen LogP contribution in [0.15, 0.2) is 24.3 Å². The Morgan fingerprint density at radius 3 is 2.79 bits per heavy atom. The van der Waals surface area contributed by atoms with Gasteiger partial charge in [-0.1, -0.05) is 12.1 Å². The average molecular weight is 256 g/mol. The van der Waals surface area contributed by atoms with E-state index < -0.39 is 0 Å². The zero-order valence-electron chi connectivity index (χ0n) is 11.3. The molecular formula is C14H16N4O. The van der Waals surface area contributed by atoms with Gasteiger partial charge in [-0.15, -0.1) is 0 Å². The summed E-state index contributed by atoms with van der Waals surface area (Å²) in [6.07, 6.45) is 0.194. The fourth-order valence-corrected chi connectivity index (χ4v) is 2.21. The molecule has 0 radical (unpaired) electrons. The number of hydrogen-bond acceptors (Lipinski definition) is 3. The molecule has 0 saturated heterocycles. The van der Waals surface area contributed by atoms with Gasteiger partial charge in [0.2, 0.25) is 5.91 Å². The Hall–Kier alpha value is -2.35. The Morgan fingerprint density at radius 2 is 2.16 bits per heavy atom. The molecule has 1 heterocycles. The van der Waals surface area contributed by atoms with E-state index in [9.17, 15) is 4.79 Å². The van der Waals surface area contributed by atoms with Crippen LogP contribution in [0.2, 0.25) is 0 Å². The number of nitriles is 1. The first kappa shape index (κ1) is 13.1. The van der Waals surface area contributed by atoms with Crippen molar-refractivity contribution in [2.45, 2.75) is 19.4 Å². The lowest BCUT2D eigenvalue weighted by Gasteiger charge is -2.20. The summed E-state index contributed by atoms with van der Waals surface area (Å²) in [5, 5.41) is 8.90. The topological polar surface area (TPSA) is 61.9 Å². The third-order valence-electron chi connectivity index (χ3n) is 3.09. The van der Waals surface area contributed by atoms with Gasteiger partial charge in [-0.2, -0.15) is 5.26 Å². The van der Waals surface area contributed by atoms with E-state index >= 15 is 0 Å². The first-order valence-corrected chi connectivity index (χ1v) is 6.10. The van der Waals surface area contributed by atoms with E-state index in [1.807, 2.05) is 35.8 Å². The minimum Gasteiger partial charge on any atom is -0.347 e. The van der Waals surface area contributed by atoms with Crippen LogP contribution in [0.5, 0.6) is 0 Å². The third-order valence-corrected chi connectivity index (χ3v) is 3.09. The minimum atomic E-state index is -0.370. The number of amides is 1. The molecule has 98 valence electrons. The van der Waals surface area contributed by atoms with Crippen molar-refractivity contribution in [2.75, 3.05) is 14.1 Å². The van der Waals surface area contributed by atoms with Crippen molar-refractivity contribution >= 4 is 16.9 Å². The molecule has 0 spiro atoms. The number of hydrogen-bond donors (Lipinski definition) is 0. The highest BCUT2D eigenvalue weighted by atomic mass is 16.2. The summed E-state index contributed by atoms with van der Waals surface area (Å²) >= 11 is 0. The molecule has 1 atom stereocenters. The third kappa shape index (κ3) is 2.29. The van der Waals surface area contributed by atoms with Crippen LogP contribution < -0.4 is 0 Å². The van der Waals surface area contributed by atoms with E-state index in [4.69, 9.17) is 5.26 Å². The molecule has 5 heteroatoms. The summed E-state index contributed by atoms with van der Waals surface area (Å²) in [5.74, 6) is 0.619. The van der Waals surface area contributed by atoms with E-state index in [0.717, 1.165) is 11.0 Å². The van der Waals surface area contributed by atoms with Crippen LogP contribution in [0.4, 0.5) is 0 Å². The quantitative estimate of drug-likeness (QED) is 0.840. The Kier molecular flexibility index (Phi) is 3.52. The largest absolute Gasteiger partial charge is 0.347 e. The van der Waals surface area contributed by atoms with Crippen LogP contribution in [-0.2, 0) is 11.2 Å². The maximum absolute atomic E-state index is 12.1. The number of nitrogens with zero attached hydrogens (tertiary/aromatic N) is 4. The maximum atomic E-state index is 12.1. The Bertz CT molecular complexity index is 651. The molecule has 0 aliphatic heterocycles. The SMILES string of the molecule is CC(C(=O)N(C)C)n1c(CC#N)nc2ccccc21. The van der Waals surface area contributed by atoms with Crippen LogP contribution in [0.3, 0.4) is 0 Å². The van der Waals surface area contributed by atoms with Crippen LogP contribution in [0, 0.1) is 11.3 Å². The molecule has 2 aromatic rings. The molecule has 0 bridgehead atoms. The van der Waals surface area contributed by atoms with Crippen molar-refractivity contribution in [1.82, 2.24) is 14.5 Å². The number of fused-ring (bicyclic) bond motifs is 1. The smallest absolute Gasteiger partial charge is 0.244 e. The lowest BCUT2D eigenvalue weighted by Crippen LogP contribution is -2.30. The van der Waals surface area contributed by atoms with Gasteiger partial charge in [-0.05, 0) is 19.1 Å². The number of aromatic nitrogens is 2. The number of benzene rings is 1. The van der Waals surface area contributed by atoms with Crippen molar-refractivity contribution in [3.63, 3.8) is 0 Å². The Labute approximate surface area is 112 Å². The minimum absolute atomic E-state index is 0.0117. The van der Waals surface area contributed by atoms with Gasteiger partial charge in [0.15, 0.2) is 0 Å². The van der Waals surface area contributed by atoms with Crippen molar-refractivity contribution in [3.05, 3.63) is 30.1 Å². The zero-order valence-corrected chi connectivity index (χ0v) is 11.3. The molecule has 0 saturated carbocycles. The fraction of sp³-hybridized carbons (Fsp3) is 0.357. The first-order valence-electron chi connectivity index (χ1n) is 6.10. The van der Waals surface area contributed by atoms with E-state index in [0.29, 0.717) is 5.82 Å². The highest BCUT2D eigenvalue weighted by molar-refractivity contribution is 5.83. The molecule has 19 heavy (non-hydrogen) atoms. The monoisotopic (exact) mass is 256 g/mol. The fourth-order valence-electron chi connectivity index (χ4n) is 2.21. The molecular weight excluding hydrogens is 240 g/mol. The normalized spacial score (nSPS) is 12.1. The molecule has 5 nitrogen and oxygen atoms in total. The predicted octanol–water partition coefficient (Wildman–Crippen LogP) is 1.75. The van der Waals surface area contributed by atoms with Crippen molar-refractivity contribution in [3.8, 4) is 6.07 Å². The molecule has 0 aliphatic carbocycles. The Morgan fingerprint density at radius 1 is 1.47 bits per heavy atom. The summed E-state index contributed by atoms with van der Waals surface area (Å²) in [6.45, 7) is 1.83. The van der Waals surface area contributed by atoms with Crippen LogP contribution in [-0.4, -0.2) is 34.5 Å². The number of carbonyl (C=O) groups is 1. The predicted molar refractivity (Wildman–Crippen MR) is 72.5 cm³/mol. The van der Waals surface area contributed by atoms with E-state index in [1.54, 1.807) is 19.0 Å². The standard InChI is InChI=1S/C14H16N4O/c1-10(14(19)17(2)3)18-12-7-5-4-6-11(12)16-13(18)8-9-15/h4-7,10H,8H2,1-3H3. The zero-order chi connectivity index (χ0) is 14.0. The lowest BCUT2D eigenvalue weighted by atomic mass is 10.2.